The lowest BCUT2D eigenvalue weighted by atomic mass is 9.82. The van der Waals surface area contributed by atoms with E-state index in [1.807, 2.05) is 17.4 Å². The minimum Gasteiger partial charge on any atom is -0.456 e. The predicted octanol–water partition coefficient (Wildman–Crippen LogP) is 12.9. The summed E-state index contributed by atoms with van der Waals surface area (Å²) in [6.07, 6.45) is 0. The van der Waals surface area contributed by atoms with Gasteiger partial charge in [0.1, 0.15) is 11.2 Å². The predicted molar refractivity (Wildman–Crippen MR) is 196 cm³/mol. The summed E-state index contributed by atoms with van der Waals surface area (Å²) in [5, 5.41) is 7.38. The molecule has 2 heterocycles. The van der Waals surface area contributed by atoms with Crippen molar-refractivity contribution in [2.75, 3.05) is 4.90 Å². The van der Waals surface area contributed by atoms with E-state index in [0.29, 0.717) is 0 Å². The van der Waals surface area contributed by atoms with E-state index in [0.717, 1.165) is 33.3 Å². The fourth-order valence-electron chi connectivity index (χ4n) is 7.79. The Labute approximate surface area is 270 Å². The molecular weight excluding hydrogens is 579 g/mol. The van der Waals surface area contributed by atoms with Crippen LogP contribution in [0.3, 0.4) is 0 Å². The number of hydrogen-bond donors (Lipinski definition) is 0. The van der Waals surface area contributed by atoms with Gasteiger partial charge < -0.3 is 9.32 Å². The molecule has 1 aliphatic carbocycles. The summed E-state index contributed by atoms with van der Waals surface area (Å²) in [4.78, 5) is 2.44. The molecule has 0 unspecified atom stereocenters. The van der Waals surface area contributed by atoms with Crippen molar-refractivity contribution in [3.63, 3.8) is 0 Å². The van der Waals surface area contributed by atoms with Gasteiger partial charge in [0.25, 0.3) is 0 Å². The first-order valence-corrected chi connectivity index (χ1v) is 16.7. The van der Waals surface area contributed by atoms with Crippen molar-refractivity contribution in [3.8, 4) is 11.1 Å². The molecule has 7 aromatic carbocycles. The molecule has 0 fully saturated rings. The van der Waals surface area contributed by atoms with Gasteiger partial charge >= 0.3 is 0 Å². The molecule has 218 valence electrons. The summed E-state index contributed by atoms with van der Waals surface area (Å²) in [5.41, 5.74) is 10.5. The number of fused-ring (bicyclic) bond motifs is 10. The van der Waals surface area contributed by atoms with E-state index in [-0.39, 0.29) is 5.41 Å². The fraction of sp³-hybridized carbons (Fsp3) is 0.0698. The van der Waals surface area contributed by atoms with E-state index in [1.54, 1.807) is 0 Å². The quantitative estimate of drug-likeness (QED) is 0.199. The Kier molecular flexibility index (Phi) is 5.25. The van der Waals surface area contributed by atoms with Gasteiger partial charge in [0, 0.05) is 53.8 Å². The first-order valence-electron chi connectivity index (χ1n) is 15.8. The van der Waals surface area contributed by atoms with Crippen LogP contribution in [0.25, 0.3) is 64.0 Å². The lowest BCUT2D eigenvalue weighted by Crippen LogP contribution is -2.16. The molecule has 0 atom stereocenters. The average molecular weight is 608 g/mol. The highest BCUT2D eigenvalue weighted by Crippen LogP contribution is 2.52. The maximum Gasteiger partial charge on any atom is 0.137 e. The van der Waals surface area contributed by atoms with Crippen LogP contribution in [0.2, 0.25) is 0 Å². The van der Waals surface area contributed by atoms with E-state index in [4.69, 9.17) is 4.42 Å². The van der Waals surface area contributed by atoms with Crippen LogP contribution >= 0.6 is 11.3 Å². The first-order chi connectivity index (χ1) is 22.5. The highest BCUT2D eigenvalue weighted by Gasteiger charge is 2.36. The van der Waals surface area contributed by atoms with Gasteiger partial charge in [-0.1, -0.05) is 92.7 Å². The Bertz CT molecular complexity index is 2690. The van der Waals surface area contributed by atoms with Gasteiger partial charge in [-0.25, -0.2) is 0 Å². The molecule has 46 heavy (non-hydrogen) atoms. The van der Waals surface area contributed by atoms with Crippen molar-refractivity contribution in [1.29, 1.82) is 0 Å². The highest BCUT2D eigenvalue weighted by molar-refractivity contribution is 7.26. The third-order valence-corrected chi connectivity index (χ3v) is 11.1. The number of furan rings is 1. The van der Waals surface area contributed by atoms with E-state index >= 15 is 0 Å². The Hall–Kier alpha value is -5.38. The largest absolute Gasteiger partial charge is 0.456 e. The number of thiophene rings is 1. The minimum absolute atomic E-state index is 0.101. The number of rotatable bonds is 3. The van der Waals surface area contributed by atoms with Gasteiger partial charge in [-0.15, -0.1) is 11.3 Å². The molecule has 2 nitrogen and oxygen atoms in total. The smallest absolute Gasteiger partial charge is 0.137 e. The van der Waals surface area contributed by atoms with Crippen LogP contribution in [0, 0.1) is 0 Å². The van der Waals surface area contributed by atoms with E-state index in [1.165, 1.54) is 58.9 Å². The Morgan fingerprint density at radius 3 is 2.15 bits per heavy atom. The zero-order chi connectivity index (χ0) is 30.6. The van der Waals surface area contributed by atoms with Crippen molar-refractivity contribution in [2.45, 2.75) is 19.3 Å². The molecule has 1 aliphatic rings. The van der Waals surface area contributed by atoms with Crippen LogP contribution in [0.5, 0.6) is 0 Å². The van der Waals surface area contributed by atoms with Gasteiger partial charge in [-0.2, -0.15) is 0 Å². The Morgan fingerprint density at radius 1 is 0.522 bits per heavy atom. The van der Waals surface area contributed by atoms with Crippen molar-refractivity contribution in [3.05, 3.63) is 151 Å². The zero-order valence-electron chi connectivity index (χ0n) is 25.5. The van der Waals surface area contributed by atoms with Crippen LogP contribution in [0.4, 0.5) is 17.1 Å². The second-order valence-electron chi connectivity index (χ2n) is 13.0. The molecule has 0 saturated carbocycles. The summed E-state index contributed by atoms with van der Waals surface area (Å²) < 4.78 is 9.02. The maximum absolute atomic E-state index is 6.43. The number of para-hydroxylation sites is 1. The molecule has 2 aromatic heterocycles. The van der Waals surface area contributed by atoms with E-state index in [9.17, 15) is 0 Å². The second-order valence-corrected chi connectivity index (χ2v) is 14.0. The molecule has 9 aromatic rings. The molecule has 3 heteroatoms. The van der Waals surface area contributed by atoms with Gasteiger partial charge in [-0.3, -0.25) is 0 Å². The van der Waals surface area contributed by atoms with Crippen molar-refractivity contribution >= 4 is 81.3 Å². The zero-order valence-corrected chi connectivity index (χ0v) is 26.4. The van der Waals surface area contributed by atoms with Crippen molar-refractivity contribution in [1.82, 2.24) is 0 Å². The highest BCUT2D eigenvalue weighted by atomic mass is 32.1. The first kappa shape index (κ1) is 25.9. The number of nitrogens with zero attached hydrogens (tertiary/aromatic N) is 1. The van der Waals surface area contributed by atoms with E-state index < -0.39 is 0 Å². The Balaban J connectivity index is 1.26. The Morgan fingerprint density at radius 2 is 1.24 bits per heavy atom. The standard InChI is InChI=1S/C43H29NOS/c1-43(2)35-14-7-5-12-30(35)31-20-18-28(24-36(31)43)44(29-19-21-33-32-13-6-8-16-38(32)45-39(33)25-29)37-15-9-17-40-42(37)34-22-26-10-3-4-11-27(26)23-41(34)46-40/h3-25H,1-2H3. The lowest BCUT2D eigenvalue weighted by molar-refractivity contribution is 0.660. The molecule has 0 saturated heterocycles. The van der Waals surface area contributed by atoms with Crippen LogP contribution < -0.4 is 4.90 Å². The van der Waals surface area contributed by atoms with Gasteiger partial charge in [0.05, 0.1) is 5.69 Å². The fourth-order valence-corrected chi connectivity index (χ4v) is 8.95. The van der Waals surface area contributed by atoms with Gasteiger partial charge in [0.2, 0.25) is 0 Å². The number of benzene rings is 7. The third kappa shape index (κ3) is 3.58. The summed E-state index contributed by atoms with van der Waals surface area (Å²) in [6.45, 7) is 4.70. The monoisotopic (exact) mass is 607 g/mol. The second kappa shape index (κ2) is 9.32. The number of hydrogen-bond acceptors (Lipinski definition) is 3. The topological polar surface area (TPSA) is 16.4 Å². The average Bonchev–Trinajstić information content (AvgIpc) is 3.71. The number of anilines is 3. The van der Waals surface area contributed by atoms with Crippen LogP contribution in [0.15, 0.2) is 144 Å². The molecular formula is C43H29NOS. The molecule has 0 N–H and O–H groups in total. The van der Waals surface area contributed by atoms with Gasteiger partial charge in [0.15, 0.2) is 0 Å². The summed E-state index contributed by atoms with van der Waals surface area (Å²) in [7, 11) is 0. The SMILES string of the molecule is CC1(C)c2ccccc2-c2ccc(N(c3ccc4c(c3)oc3ccccc34)c3cccc4sc5cc6ccccc6cc5c34)cc21. The van der Waals surface area contributed by atoms with Crippen LogP contribution in [0.1, 0.15) is 25.0 Å². The summed E-state index contributed by atoms with van der Waals surface area (Å²) in [6, 6.07) is 51.0. The minimum atomic E-state index is -0.101. The summed E-state index contributed by atoms with van der Waals surface area (Å²) >= 11 is 1.87. The van der Waals surface area contributed by atoms with Crippen LogP contribution in [-0.4, -0.2) is 0 Å². The van der Waals surface area contributed by atoms with Gasteiger partial charge in [-0.05, 0) is 87.6 Å². The van der Waals surface area contributed by atoms with Crippen LogP contribution in [-0.2, 0) is 5.41 Å². The summed E-state index contributed by atoms with van der Waals surface area (Å²) in [5.74, 6) is 0. The molecule has 0 radical (unpaired) electrons. The third-order valence-electron chi connectivity index (χ3n) is 10.0. The molecule has 0 bridgehead atoms. The normalized spacial score (nSPS) is 13.6. The maximum atomic E-state index is 6.43. The molecule has 0 aliphatic heterocycles. The molecule has 10 rings (SSSR count). The van der Waals surface area contributed by atoms with Crippen molar-refractivity contribution in [2.24, 2.45) is 0 Å². The molecule has 0 amide bonds. The van der Waals surface area contributed by atoms with E-state index in [2.05, 4.69) is 152 Å². The molecule has 0 spiro atoms. The van der Waals surface area contributed by atoms with Crippen molar-refractivity contribution < 1.29 is 4.42 Å². The lowest BCUT2D eigenvalue weighted by Gasteiger charge is -2.28.